The summed E-state index contributed by atoms with van der Waals surface area (Å²) in [6.45, 7) is 3.75. The quantitative estimate of drug-likeness (QED) is 0.609. The number of nitrogens with zero attached hydrogens (tertiary/aromatic N) is 1. The molecule has 1 aliphatic heterocycles. The van der Waals surface area contributed by atoms with Crippen molar-refractivity contribution in [3.63, 3.8) is 0 Å². The van der Waals surface area contributed by atoms with E-state index in [9.17, 15) is 18.0 Å². The Bertz CT molecular complexity index is 1050. The van der Waals surface area contributed by atoms with E-state index in [-0.39, 0.29) is 11.6 Å². The topological polar surface area (TPSA) is 108 Å². The highest BCUT2D eigenvalue weighted by Gasteiger charge is 2.20. The fourth-order valence-corrected chi connectivity index (χ4v) is 4.65. The van der Waals surface area contributed by atoms with Gasteiger partial charge in [-0.3, -0.25) is 14.3 Å². The van der Waals surface area contributed by atoms with Crippen LogP contribution in [0, 0.1) is 6.92 Å². The molecule has 8 nitrogen and oxygen atoms in total. The Morgan fingerprint density at radius 1 is 1.00 bits per heavy atom. The largest absolute Gasteiger partial charge is 0.372 e. The standard InChI is InChI=1S/C22H28N4O4S/c1-16-7-6-8-19(21(16)22(28)23-2)24-20(27)15-31(29,30)25-17-9-11-18(12-10-17)26-13-4-3-5-14-26/h6-12,25H,3-5,13-15H2,1-2H3,(H,23,28)(H,24,27). The molecule has 0 atom stereocenters. The van der Waals surface area contributed by atoms with Crippen LogP contribution in [0.2, 0.25) is 0 Å². The van der Waals surface area contributed by atoms with Crippen molar-refractivity contribution in [1.82, 2.24) is 5.32 Å². The minimum atomic E-state index is -3.92. The first-order valence-electron chi connectivity index (χ1n) is 10.3. The van der Waals surface area contributed by atoms with Gasteiger partial charge in [-0.2, -0.15) is 0 Å². The highest BCUT2D eigenvalue weighted by Crippen LogP contribution is 2.23. The maximum atomic E-state index is 12.5. The molecule has 1 saturated heterocycles. The van der Waals surface area contributed by atoms with Crippen molar-refractivity contribution in [2.24, 2.45) is 0 Å². The van der Waals surface area contributed by atoms with E-state index in [1.807, 2.05) is 12.1 Å². The Kier molecular flexibility index (Phi) is 7.17. The minimum absolute atomic E-state index is 0.269. The molecule has 2 aromatic rings. The third kappa shape index (κ3) is 5.97. The number of amides is 2. The summed E-state index contributed by atoms with van der Waals surface area (Å²) in [4.78, 5) is 26.8. The maximum absolute atomic E-state index is 12.5. The van der Waals surface area contributed by atoms with Crippen LogP contribution in [0.4, 0.5) is 17.1 Å². The molecule has 166 valence electrons. The van der Waals surface area contributed by atoms with Crippen molar-refractivity contribution in [2.45, 2.75) is 26.2 Å². The molecule has 0 saturated carbocycles. The number of anilines is 3. The van der Waals surface area contributed by atoms with Crippen LogP contribution in [-0.2, 0) is 14.8 Å². The lowest BCUT2D eigenvalue weighted by Crippen LogP contribution is -2.29. The van der Waals surface area contributed by atoms with Crippen LogP contribution >= 0.6 is 0 Å². The molecule has 0 bridgehead atoms. The van der Waals surface area contributed by atoms with Crippen molar-refractivity contribution >= 4 is 38.9 Å². The molecule has 0 aliphatic carbocycles. The van der Waals surface area contributed by atoms with Crippen molar-refractivity contribution in [2.75, 3.05) is 40.8 Å². The van der Waals surface area contributed by atoms with Crippen LogP contribution in [-0.4, -0.2) is 46.1 Å². The first-order chi connectivity index (χ1) is 14.8. The second kappa shape index (κ2) is 9.82. The van der Waals surface area contributed by atoms with E-state index >= 15 is 0 Å². The van der Waals surface area contributed by atoms with Gasteiger partial charge < -0.3 is 15.5 Å². The van der Waals surface area contributed by atoms with Crippen molar-refractivity contribution < 1.29 is 18.0 Å². The summed E-state index contributed by atoms with van der Waals surface area (Å²) >= 11 is 0. The van der Waals surface area contributed by atoms with Gasteiger partial charge in [-0.05, 0) is 62.1 Å². The first-order valence-corrected chi connectivity index (χ1v) is 11.9. The average Bonchev–Trinajstić information content (AvgIpc) is 2.74. The van der Waals surface area contributed by atoms with Crippen LogP contribution in [0.5, 0.6) is 0 Å². The van der Waals surface area contributed by atoms with Crippen LogP contribution in [0.25, 0.3) is 0 Å². The summed E-state index contributed by atoms with van der Waals surface area (Å²) in [7, 11) is -2.43. The highest BCUT2D eigenvalue weighted by molar-refractivity contribution is 7.93. The van der Waals surface area contributed by atoms with Crippen LogP contribution in [0.1, 0.15) is 35.2 Å². The summed E-state index contributed by atoms with van der Waals surface area (Å²) in [5.41, 5.74) is 2.70. The molecule has 2 aromatic carbocycles. The van der Waals surface area contributed by atoms with Crippen molar-refractivity contribution in [1.29, 1.82) is 0 Å². The molecule has 1 aliphatic rings. The lowest BCUT2D eigenvalue weighted by molar-refractivity contribution is -0.113. The number of rotatable bonds is 7. The zero-order valence-corrected chi connectivity index (χ0v) is 18.6. The molecular formula is C22H28N4O4S. The summed E-state index contributed by atoms with van der Waals surface area (Å²) in [6, 6.07) is 12.2. The fourth-order valence-electron chi connectivity index (χ4n) is 3.67. The summed E-state index contributed by atoms with van der Waals surface area (Å²) in [5, 5.41) is 5.06. The van der Waals surface area contributed by atoms with Gasteiger partial charge in [-0.25, -0.2) is 8.42 Å². The van der Waals surface area contributed by atoms with Gasteiger partial charge in [0, 0.05) is 31.5 Å². The number of benzene rings is 2. The Balaban J connectivity index is 1.64. The Hall–Kier alpha value is -3.07. The summed E-state index contributed by atoms with van der Waals surface area (Å²) < 4.78 is 27.4. The van der Waals surface area contributed by atoms with Crippen molar-refractivity contribution in [3.05, 3.63) is 53.6 Å². The van der Waals surface area contributed by atoms with Crippen LogP contribution < -0.4 is 20.3 Å². The molecule has 3 N–H and O–H groups in total. The van der Waals surface area contributed by atoms with E-state index in [4.69, 9.17) is 0 Å². The van der Waals surface area contributed by atoms with Gasteiger partial charge in [0.1, 0.15) is 5.75 Å². The SMILES string of the molecule is CNC(=O)c1c(C)cccc1NC(=O)CS(=O)(=O)Nc1ccc(N2CCCCC2)cc1. The molecule has 31 heavy (non-hydrogen) atoms. The van der Waals surface area contributed by atoms with Crippen molar-refractivity contribution in [3.8, 4) is 0 Å². The average molecular weight is 445 g/mol. The van der Waals surface area contributed by atoms with Gasteiger partial charge in [-0.15, -0.1) is 0 Å². The molecule has 2 amide bonds. The lowest BCUT2D eigenvalue weighted by atomic mass is 10.1. The smallest absolute Gasteiger partial charge is 0.253 e. The number of sulfonamides is 1. The van der Waals surface area contributed by atoms with Gasteiger partial charge >= 0.3 is 0 Å². The van der Waals surface area contributed by atoms with Gasteiger partial charge in [0.2, 0.25) is 15.9 Å². The number of aryl methyl sites for hydroxylation is 1. The number of carbonyl (C=O) groups is 2. The molecule has 0 spiro atoms. The number of nitrogens with one attached hydrogen (secondary N) is 3. The van der Waals surface area contributed by atoms with Gasteiger partial charge in [0.15, 0.2) is 0 Å². The predicted octanol–water partition coefficient (Wildman–Crippen LogP) is 2.73. The minimum Gasteiger partial charge on any atom is -0.372 e. The predicted molar refractivity (Wildman–Crippen MR) is 123 cm³/mol. The van der Waals surface area contributed by atoms with Gasteiger partial charge in [0.25, 0.3) is 5.91 Å². The molecule has 0 radical (unpaired) electrons. The second-order valence-corrected chi connectivity index (χ2v) is 9.30. The second-order valence-electron chi connectivity index (χ2n) is 7.58. The Morgan fingerprint density at radius 3 is 2.32 bits per heavy atom. The third-order valence-electron chi connectivity index (χ3n) is 5.18. The Morgan fingerprint density at radius 2 is 1.68 bits per heavy atom. The molecule has 1 heterocycles. The monoisotopic (exact) mass is 444 g/mol. The maximum Gasteiger partial charge on any atom is 0.253 e. The number of carbonyl (C=O) groups excluding carboxylic acids is 2. The van der Waals surface area contributed by atoms with E-state index in [1.54, 1.807) is 37.3 Å². The number of hydrogen-bond donors (Lipinski definition) is 3. The molecule has 3 rings (SSSR count). The molecule has 1 fully saturated rings. The molecule has 0 aromatic heterocycles. The lowest BCUT2D eigenvalue weighted by Gasteiger charge is -2.28. The first kappa shape index (κ1) is 22.6. The van der Waals surface area contributed by atoms with Crippen LogP contribution in [0.3, 0.4) is 0 Å². The zero-order valence-electron chi connectivity index (χ0n) is 17.8. The van der Waals surface area contributed by atoms with Gasteiger partial charge in [-0.1, -0.05) is 12.1 Å². The van der Waals surface area contributed by atoms with E-state index < -0.39 is 21.7 Å². The summed E-state index contributed by atoms with van der Waals surface area (Å²) in [5.74, 6) is -1.85. The fraction of sp³-hybridized carbons (Fsp3) is 0.364. The zero-order chi connectivity index (χ0) is 22.4. The molecular weight excluding hydrogens is 416 g/mol. The van der Waals surface area contributed by atoms with E-state index in [1.165, 1.54) is 13.5 Å². The molecule has 0 unspecified atom stereocenters. The normalized spacial score (nSPS) is 14.1. The highest BCUT2D eigenvalue weighted by atomic mass is 32.2. The summed E-state index contributed by atoms with van der Waals surface area (Å²) in [6.07, 6.45) is 3.56. The third-order valence-corrected chi connectivity index (χ3v) is 6.37. The van der Waals surface area contributed by atoms with Gasteiger partial charge in [0.05, 0.1) is 11.3 Å². The van der Waals surface area contributed by atoms with E-state index in [2.05, 4.69) is 20.3 Å². The molecule has 9 heteroatoms. The van der Waals surface area contributed by atoms with E-state index in [0.29, 0.717) is 16.8 Å². The number of piperidine rings is 1. The number of hydrogen-bond acceptors (Lipinski definition) is 5. The van der Waals surface area contributed by atoms with E-state index in [0.717, 1.165) is 31.6 Å². The Labute approximate surface area is 183 Å². The van der Waals surface area contributed by atoms with Crippen LogP contribution in [0.15, 0.2) is 42.5 Å².